The number of benzene rings is 1. The number of nitrogens with one attached hydrogen (secondary N) is 3. The molecule has 0 fully saturated rings. The van der Waals surface area contributed by atoms with E-state index in [9.17, 15) is 9.59 Å². The van der Waals surface area contributed by atoms with E-state index in [4.69, 9.17) is 5.73 Å². The maximum atomic E-state index is 12.0. The molecule has 1 heterocycles. The van der Waals surface area contributed by atoms with Crippen LogP contribution in [0.2, 0.25) is 0 Å². The van der Waals surface area contributed by atoms with E-state index in [1.165, 1.54) is 0 Å². The Bertz CT molecular complexity index is 684. The summed E-state index contributed by atoms with van der Waals surface area (Å²) >= 11 is 0. The number of aromatic nitrogens is 1. The fraction of sp³-hybridized carbons (Fsp3) is 0.412. The van der Waals surface area contributed by atoms with Gasteiger partial charge >= 0.3 is 0 Å². The van der Waals surface area contributed by atoms with Gasteiger partial charge in [0.25, 0.3) is 0 Å². The fourth-order valence-electron chi connectivity index (χ4n) is 2.34. The average Bonchev–Trinajstić information content (AvgIpc) is 2.94. The second-order valence-electron chi connectivity index (χ2n) is 5.91. The number of para-hydroxylation sites is 1. The molecule has 24 heavy (non-hydrogen) atoms. The number of H-pyrrole nitrogens is 1. The summed E-state index contributed by atoms with van der Waals surface area (Å²) in [5, 5.41) is 6.58. The van der Waals surface area contributed by atoms with E-state index in [0.717, 1.165) is 16.5 Å². The maximum absolute atomic E-state index is 12.0. The van der Waals surface area contributed by atoms with Gasteiger partial charge in [0.2, 0.25) is 11.8 Å². The number of carbonyl (C=O) groups excluding carboxylic acids is 2. The van der Waals surface area contributed by atoms with Crippen molar-refractivity contribution in [3.63, 3.8) is 0 Å². The Morgan fingerprint density at radius 1 is 1.12 bits per heavy atom. The molecular weight excluding hydrogens is 328 g/mol. The number of fused-ring (bicyclic) bond motifs is 1. The van der Waals surface area contributed by atoms with Crippen molar-refractivity contribution < 1.29 is 9.59 Å². The summed E-state index contributed by atoms with van der Waals surface area (Å²) < 4.78 is 0. The molecule has 1 aromatic carbocycles. The highest BCUT2D eigenvalue weighted by Crippen LogP contribution is 2.18. The molecule has 2 rings (SSSR count). The average molecular weight is 353 g/mol. The molecule has 6 nitrogen and oxygen atoms in total. The van der Waals surface area contributed by atoms with E-state index < -0.39 is 6.04 Å². The Labute approximate surface area is 148 Å². The van der Waals surface area contributed by atoms with Crippen molar-refractivity contribution in [1.82, 2.24) is 15.6 Å². The van der Waals surface area contributed by atoms with Gasteiger partial charge in [0, 0.05) is 36.1 Å². The van der Waals surface area contributed by atoms with Crippen LogP contribution in [-0.2, 0) is 16.0 Å². The molecule has 1 atom stereocenters. The van der Waals surface area contributed by atoms with Crippen LogP contribution in [0.25, 0.3) is 10.9 Å². The molecule has 0 saturated carbocycles. The van der Waals surface area contributed by atoms with Crippen molar-refractivity contribution in [2.45, 2.75) is 26.3 Å². The van der Waals surface area contributed by atoms with Crippen LogP contribution in [-0.4, -0.2) is 35.9 Å². The first-order valence-corrected chi connectivity index (χ1v) is 7.85. The topological polar surface area (TPSA) is 100 Å². The lowest BCUT2D eigenvalue weighted by molar-refractivity contribution is -0.125. The zero-order chi connectivity index (χ0) is 16.8. The number of nitrogens with two attached hydrogens (primary N) is 1. The van der Waals surface area contributed by atoms with Gasteiger partial charge in [-0.3, -0.25) is 9.59 Å². The van der Waals surface area contributed by atoms with Gasteiger partial charge in [-0.05, 0) is 18.1 Å². The monoisotopic (exact) mass is 352 g/mol. The number of rotatable bonds is 7. The summed E-state index contributed by atoms with van der Waals surface area (Å²) in [5.41, 5.74) is 8.03. The van der Waals surface area contributed by atoms with Gasteiger partial charge < -0.3 is 21.4 Å². The number of amides is 2. The van der Waals surface area contributed by atoms with Gasteiger partial charge in [-0.1, -0.05) is 32.0 Å². The Kier molecular flexibility index (Phi) is 7.74. The Balaban J connectivity index is 0.00000288. The van der Waals surface area contributed by atoms with Crippen molar-refractivity contribution in [2.75, 3.05) is 13.1 Å². The molecule has 2 amide bonds. The van der Waals surface area contributed by atoms with Crippen LogP contribution >= 0.6 is 12.4 Å². The highest BCUT2D eigenvalue weighted by Gasteiger charge is 2.16. The molecular formula is C17H25ClN4O2. The van der Waals surface area contributed by atoms with Crippen LogP contribution in [0.3, 0.4) is 0 Å². The summed E-state index contributed by atoms with van der Waals surface area (Å²) in [7, 11) is 0. The lowest BCUT2D eigenvalue weighted by atomic mass is 10.1. The summed E-state index contributed by atoms with van der Waals surface area (Å²) in [5.74, 6) is -0.300. The lowest BCUT2D eigenvalue weighted by Crippen LogP contribution is -2.44. The number of halogens is 1. The van der Waals surface area contributed by atoms with E-state index in [2.05, 4.69) is 15.6 Å². The highest BCUT2D eigenvalue weighted by atomic mass is 35.5. The van der Waals surface area contributed by atoms with Crippen molar-refractivity contribution in [1.29, 1.82) is 0 Å². The first-order chi connectivity index (χ1) is 11.0. The third kappa shape index (κ3) is 5.25. The quantitative estimate of drug-likeness (QED) is 0.566. The molecule has 7 heteroatoms. The second-order valence-corrected chi connectivity index (χ2v) is 5.91. The smallest absolute Gasteiger partial charge is 0.237 e. The third-order valence-corrected chi connectivity index (χ3v) is 3.70. The standard InChI is InChI=1S/C17H24N4O2.ClH/c1-11(2)16(22)19-7-8-20-17(23)14(18)9-12-10-21-15-6-4-3-5-13(12)15;/h3-6,10-11,14,21H,7-9,18H2,1-2H3,(H,19,22)(H,20,23);1H/t14-;/m0./s1. The molecule has 0 spiro atoms. The van der Waals surface area contributed by atoms with Crippen molar-refractivity contribution >= 4 is 35.1 Å². The molecule has 0 radical (unpaired) electrons. The minimum atomic E-state index is -0.616. The molecule has 0 saturated heterocycles. The molecule has 0 aliphatic heterocycles. The molecule has 0 aliphatic rings. The fourth-order valence-corrected chi connectivity index (χ4v) is 2.34. The van der Waals surface area contributed by atoms with Crippen LogP contribution in [0.4, 0.5) is 0 Å². The van der Waals surface area contributed by atoms with Gasteiger partial charge in [-0.15, -0.1) is 12.4 Å². The van der Waals surface area contributed by atoms with E-state index in [-0.39, 0.29) is 30.1 Å². The molecule has 1 aromatic heterocycles. The number of hydrogen-bond acceptors (Lipinski definition) is 3. The Morgan fingerprint density at radius 2 is 1.75 bits per heavy atom. The first kappa shape index (κ1) is 20.0. The van der Waals surface area contributed by atoms with Crippen LogP contribution in [0.1, 0.15) is 19.4 Å². The zero-order valence-electron chi connectivity index (χ0n) is 14.0. The SMILES string of the molecule is CC(C)C(=O)NCCNC(=O)[C@@H](N)Cc1c[nH]c2ccccc12.Cl. The van der Waals surface area contributed by atoms with Gasteiger partial charge in [0.05, 0.1) is 6.04 Å². The molecule has 0 aliphatic carbocycles. The molecule has 2 aromatic rings. The normalized spacial score (nSPS) is 11.8. The lowest BCUT2D eigenvalue weighted by Gasteiger charge is -2.13. The molecule has 0 bridgehead atoms. The van der Waals surface area contributed by atoms with Crippen LogP contribution in [0, 0.1) is 5.92 Å². The third-order valence-electron chi connectivity index (χ3n) is 3.70. The number of hydrogen-bond donors (Lipinski definition) is 4. The maximum Gasteiger partial charge on any atom is 0.237 e. The van der Waals surface area contributed by atoms with Gasteiger partial charge in [0.1, 0.15) is 0 Å². The van der Waals surface area contributed by atoms with Crippen molar-refractivity contribution in [2.24, 2.45) is 11.7 Å². The number of carbonyl (C=O) groups is 2. The van der Waals surface area contributed by atoms with E-state index in [1.54, 1.807) is 0 Å². The molecule has 132 valence electrons. The Morgan fingerprint density at radius 3 is 2.42 bits per heavy atom. The Hall–Kier alpha value is -2.05. The first-order valence-electron chi connectivity index (χ1n) is 7.85. The van der Waals surface area contributed by atoms with Gasteiger partial charge in [0.15, 0.2) is 0 Å². The van der Waals surface area contributed by atoms with Crippen LogP contribution in [0.15, 0.2) is 30.5 Å². The summed E-state index contributed by atoms with van der Waals surface area (Å²) in [6.45, 7) is 4.43. The summed E-state index contributed by atoms with van der Waals surface area (Å²) in [6, 6.07) is 7.30. The highest BCUT2D eigenvalue weighted by molar-refractivity contribution is 5.86. The second kappa shape index (κ2) is 9.30. The summed E-state index contributed by atoms with van der Waals surface area (Å²) in [6.07, 6.45) is 2.36. The van der Waals surface area contributed by atoms with Gasteiger partial charge in [-0.2, -0.15) is 0 Å². The van der Waals surface area contributed by atoms with E-state index in [0.29, 0.717) is 19.5 Å². The molecule has 0 unspecified atom stereocenters. The predicted molar refractivity (Wildman–Crippen MR) is 98.1 cm³/mol. The minimum Gasteiger partial charge on any atom is -0.361 e. The molecule has 5 N–H and O–H groups in total. The van der Waals surface area contributed by atoms with Crippen LogP contribution < -0.4 is 16.4 Å². The van der Waals surface area contributed by atoms with Gasteiger partial charge in [-0.25, -0.2) is 0 Å². The summed E-state index contributed by atoms with van der Waals surface area (Å²) in [4.78, 5) is 26.6. The minimum absolute atomic E-state index is 0. The largest absolute Gasteiger partial charge is 0.361 e. The van der Waals surface area contributed by atoms with Crippen LogP contribution in [0.5, 0.6) is 0 Å². The predicted octanol–water partition coefficient (Wildman–Crippen LogP) is 1.35. The van der Waals surface area contributed by atoms with E-state index in [1.807, 2.05) is 44.3 Å². The van der Waals surface area contributed by atoms with Crippen molar-refractivity contribution in [3.8, 4) is 0 Å². The van der Waals surface area contributed by atoms with E-state index >= 15 is 0 Å². The zero-order valence-corrected chi connectivity index (χ0v) is 14.8. The van der Waals surface area contributed by atoms with Crippen molar-refractivity contribution in [3.05, 3.63) is 36.0 Å². The number of aromatic amines is 1.